The largest absolute Gasteiger partial charge is 0.295 e. The standard InChI is InChI=1S/C98H165BN2/c1-96(2,3)72-48-44-63(45-49-72)71-56-89-93-90(57-71)101(95-83(66-34-21-13-22-35-66)60-74(98(7,8)9)61-84(95)67-36-23-14-24-37-67)88-53-47-70(75-50-51-80-78-41-26-39-68-38-25-40-77(91(68)78)79-43-27-42-76(75)92(79)80)55-86(88)99(93)85-54-69(62-28-15-10-16-29-62)46-52-87(85)100(89)94-81(64-30-17-11-18-31-64)58-73(97(4,5)6)59-82(94)65-32-19-12-20-33-65/h62-95H,10-61H2,1-9H3. The zero-order chi connectivity index (χ0) is 68.6. The Bertz CT molecular complexity index is 2590. The first-order chi connectivity index (χ1) is 49.0. The maximum absolute atomic E-state index is 4.00. The molecule has 0 aromatic carbocycles. The van der Waals surface area contributed by atoms with E-state index >= 15 is 0 Å². The van der Waals surface area contributed by atoms with E-state index in [0.717, 1.165) is 208 Å². The number of hydrogen-bond acceptors (Lipinski definition) is 2. The minimum absolute atomic E-state index is 0.405. The highest BCUT2D eigenvalue weighted by Gasteiger charge is 2.70. The van der Waals surface area contributed by atoms with Crippen molar-refractivity contribution in [3.8, 4) is 0 Å². The molecule has 2 aliphatic heterocycles. The Balaban J connectivity index is 0.817. The maximum atomic E-state index is 4.00. The lowest BCUT2D eigenvalue weighted by molar-refractivity contribution is -0.160. The third-order valence-electron chi connectivity index (χ3n) is 40.3. The summed E-state index contributed by atoms with van der Waals surface area (Å²) in [7, 11) is 0. The first kappa shape index (κ1) is 72.5. The molecule has 16 saturated carbocycles. The third kappa shape index (κ3) is 13.7. The van der Waals surface area contributed by atoms with Gasteiger partial charge in [-0.05, 0) is 310 Å². The van der Waals surface area contributed by atoms with Gasteiger partial charge >= 0.3 is 0 Å². The van der Waals surface area contributed by atoms with Crippen molar-refractivity contribution in [2.45, 2.75) is 450 Å². The van der Waals surface area contributed by atoms with Gasteiger partial charge in [0.2, 0.25) is 0 Å². The normalized spacial score (nSPS) is 49.2. The van der Waals surface area contributed by atoms with Crippen molar-refractivity contribution >= 4 is 6.71 Å². The first-order valence-corrected chi connectivity index (χ1v) is 48.6. The smallest absolute Gasteiger partial charge is 0.156 e. The van der Waals surface area contributed by atoms with Gasteiger partial charge < -0.3 is 0 Å². The fraction of sp³-hybridized carbons (Fsp3) is 1.00. The van der Waals surface area contributed by atoms with Crippen LogP contribution in [0.4, 0.5) is 0 Å². The lowest BCUT2D eigenvalue weighted by Gasteiger charge is -2.73. The van der Waals surface area contributed by atoms with Gasteiger partial charge in [0.25, 0.3) is 0 Å². The molecule has 0 aromatic rings. The molecule has 2 heterocycles. The Labute approximate surface area is 626 Å². The Kier molecular flexibility index (Phi) is 21.5. The summed E-state index contributed by atoms with van der Waals surface area (Å²) >= 11 is 0. The van der Waals surface area contributed by atoms with Crippen LogP contribution in [-0.4, -0.2) is 52.8 Å². The van der Waals surface area contributed by atoms with E-state index in [2.05, 4.69) is 72.1 Å². The molecule has 0 bridgehead atoms. The van der Waals surface area contributed by atoms with Crippen molar-refractivity contribution in [1.29, 1.82) is 0 Å². The molecule has 0 amide bonds. The summed E-state index contributed by atoms with van der Waals surface area (Å²) in [6.07, 6.45) is 82.5. The molecule has 23 unspecified atom stereocenters. The summed E-state index contributed by atoms with van der Waals surface area (Å²) in [6.45, 7) is 25.5. The topological polar surface area (TPSA) is 6.48 Å². The van der Waals surface area contributed by atoms with Crippen LogP contribution in [0.2, 0.25) is 17.5 Å². The average Bonchev–Trinajstić information content (AvgIpc) is 0.692. The van der Waals surface area contributed by atoms with E-state index < -0.39 is 0 Å². The third-order valence-corrected chi connectivity index (χ3v) is 40.3. The van der Waals surface area contributed by atoms with Gasteiger partial charge in [-0.2, -0.15) is 0 Å². The molecule has 18 fully saturated rings. The zero-order valence-electron chi connectivity index (χ0n) is 68.4. The van der Waals surface area contributed by atoms with Crippen molar-refractivity contribution in [2.24, 2.45) is 164 Å². The summed E-state index contributed by atoms with van der Waals surface area (Å²) in [5.41, 5.74) is 1.26. The number of rotatable bonds is 9. The molecule has 101 heavy (non-hydrogen) atoms. The van der Waals surface area contributed by atoms with Gasteiger partial charge in [0.05, 0.1) is 0 Å². The van der Waals surface area contributed by atoms with E-state index in [0.29, 0.717) is 16.2 Å². The fourth-order valence-electron chi connectivity index (χ4n) is 36.1. The Morgan fingerprint density at radius 2 is 0.535 bits per heavy atom. The second-order valence-electron chi connectivity index (χ2n) is 47.0. The second-order valence-corrected chi connectivity index (χ2v) is 47.0. The monoisotopic (exact) mass is 1380 g/mol. The fourth-order valence-corrected chi connectivity index (χ4v) is 36.1. The van der Waals surface area contributed by atoms with Crippen molar-refractivity contribution in [3.05, 3.63) is 0 Å². The summed E-state index contributed by atoms with van der Waals surface area (Å²) in [6, 6.07) is 5.10. The van der Waals surface area contributed by atoms with E-state index in [1.807, 2.05) is 0 Å². The van der Waals surface area contributed by atoms with Crippen LogP contribution >= 0.6 is 0 Å². The predicted molar refractivity (Wildman–Crippen MR) is 429 cm³/mol. The van der Waals surface area contributed by atoms with E-state index in [1.165, 1.54) is 44.9 Å². The lowest BCUT2D eigenvalue weighted by atomic mass is 9.17. The Morgan fingerprint density at radius 1 is 0.208 bits per heavy atom. The molecule has 0 spiro atoms. The molecule has 570 valence electrons. The van der Waals surface area contributed by atoms with E-state index in [-0.39, 0.29) is 0 Å². The zero-order valence-corrected chi connectivity index (χ0v) is 68.4. The van der Waals surface area contributed by atoms with Crippen LogP contribution in [0, 0.1) is 164 Å². The summed E-state index contributed by atoms with van der Waals surface area (Å²) < 4.78 is 0. The Hall–Kier alpha value is -0.0151. The van der Waals surface area contributed by atoms with Crippen LogP contribution in [0.1, 0.15) is 396 Å². The average molecular weight is 1380 g/mol. The lowest BCUT2D eigenvalue weighted by Crippen LogP contribution is -2.77. The summed E-state index contributed by atoms with van der Waals surface area (Å²) in [4.78, 5) is 7.98. The number of fused-ring (bicyclic) bond motifs is 6. The minimum Gasteiger partial charge on any atom is -0.295 e. The van der Waals surface area contributed by atoms with Gasteiger partial charge in [-0.1, -0.05) is 268 Å². The molecule has 16 aliphatic carbocycles. The van der Waals surface area contributed by atoms with Gasteiger partial charge in [-0.15, -0.1) is 0 Å². The van der Waals surface area contributed by atoms with Gasteiger partial charge in [-0.3, -0.25) is 9.80 Å². The molecule has 2 saturated heterocycles. The molecule has 18 rings (SSSR count). The Morgan fingerprint density at radius 3 is 0.960 bits per heavy atom. The molecule has 0 N–H and O–H groups in total. The van der Waals surface area contributed by atoms with Gasteiger partial charge in [0.1, 0.15) is 0 Å². The summed E-state index contributed by atoms with van der Waals surface area (Å²) in [5, 5.41) is 0. The molecule has 18 aliphatic rings. The second kappa shape index (κ2) is 29.9. The van der Waals surface area contributed by atoms with Gasteiger partial charge in [0.15, 0.2) is 6.71 Å². The number of hydrogen-bond donors (Lipinski definition) is 0. The van der Waals surface area contributed by atoms with Crippen molar-refractivity contribution in [1.82, 2.24) is 9.80 Å². The van der Waals surface area contributed by atoms with Crippen molar-refractivity contribution in [3.63, 3.8) is 0 Å². The molecule has 0 radical (unpaired) electrons. The van der Waals surface area contributed by atoms with E-state index in [1.54, 1.807) is 289 Å². The van der Waals surface area contributed by atoms with Gasteiger partial charge in [-0.25, -0.2) is 0 Å². The predicted octanol–water partition coefficient (Wildman–Crippen LogP) is 27.5. The highest BCUT2D eigenvalue weighted by molar-refractivity contribution is 6.65. The quantitative estimate of drug-likeness (QED) is 0.212. The van der Waals surface area contributed by atoms with Crippen LogP contribution in [0.3, 0.4) is 0 Å². The number of nitrogens with zero attached hydrogens (tertiary/aromatic N) is 2. The highest BCUT2D eigenvalue weighted by atomic mass is 15.3. The highest BCUT2D eigenvalue weighted by Crippen LogP contribution is 2.72. The minimum atomic E-state index is 0.405. The molecule has 2 nitrogen and oxygen atoms in total. The molecule has 0 aromatic heterocycles. The van der Waals surface area contributed by atoms with Crippen LogP contribution in [0.25, 0.3) is 0 Å². The van der Waals surface area contributed by atoms with E-state index in [4.69, 9.17) is 0 Å². The SMILES string of the molecule is CC(C)(C)C1CCC(C2CC3C4B(C5CC(C6CCCCC6)CCC5N3C3C(C5CCCCC5)CC(C(C)(C)C)CC3C3CCCCC3)C3CC(C5CCC6C7CCCC8CCCC(C9CCCC5C96)C87)CCC3N(C3C(C5CCCCC5)CC(C(C)(C)C)CC3C3CCCCC3)C4C2)CC1. The van der Waals surface area contributed by atoms with Crippen LogP contribution < -0.4 is 0 Å². The maximum Gasteiger partial charge on any atom is 0.156 e. The molecule has 23 atom stereocenters. The van der Waals surface area contributed by atoms with Crippen LogP contribution in [-0.2, 0) is 0 Å². The van der Waals surface area contributed by atoms with Crippen LogP contribution in [0.15, 0.2) is 0 Å². The van der Waals surface area contributed by atoms with Crippen molar-refractivity contribution in [2.75, 3.05) is 0 Å². The molecular weight excluding hydrogens is 1220 g/mol. The van der Waals surface area contributed by atoms with Crippen molar-refractivity contribution < 1.29 is 0 Å². The first-order valence-electron chi connectivity index (χ1n) is 48.6. The molecule has 3 heteroatoms. The van der Waals surface area contributed by atoms with E-state index in [9.17, 15) is 0 Å². The van der Waals surface area contributed by atoms with Crippen LogP contribution in [0.5, 0.6) is 0 Å². The molecular formula is C98H165BN2. The summed E-state index contributed by atoms with van der Waals surface area (Å²) in [5.74, 6) is 28.1. The van der Waals surface area contributed by atoms with Gasteiger partial charge in [0, 0.05) is 36.3 Å².